The van der Waals surface area contributed by atoms with Crippen LogP contribution in [-0.4, -0.2) is 46.3 Å². The second-order valence-electron chi connectivity index (χ2n) is 5.08. The Bertz CT molecular complexity index is 650. The molecule has 0 saturated heterocycles. The number of hydrogen-bond donors (Lipinski definition) is 0. The summed E-state index contributed by atoms with van der Waals surface area (Å²) in [6, 6.07) is 11.0. The zero-order valence-electron chi connectivity index (χ0n) is 12.9. The Kier molecular flexibility index (Phi) is 4.93. The van der Waals surface area contributed by atoms with Gasteiger partial charge in [-0.05, 0) is 32.0 Å². The molecule has 1 heterocycles. The Balaban J connectivity index is 2.21. The molecule has 6 nitrogen and oxygen atoms in total. The molecule has 2 rings (SSSR count). The number of carbonyl (C=O) groups excluding carboxylic acids is 2. The summed E-state index contributed by atoms with van der Waals surface area (Å²) < 4.78 is 6.26. The van der Waals surface area contributed by atoms with Crippen LogP contribution in [0.15, 0.2) is 42.6 Å². The van der Waals surface area contributed by atoms with E-state index >= 15 is 0 Å². The average molecular weight is 301 g/mol. The van der Waals surface area contributed by atoms with Crippen LogP contribution in [0.4, 0.5) is 0 Å². The lowest BCUT2D eigenvalue weighted by Crippen LogP contribution is -2.41. The van der Waals surface area contributed by atoms with Gasteiger partial charge in [-0.2, -0.15) is 5.10 Å². The molecule has 1 aromatic heterocycles. The minimum Gasteiger partial charge on any atom is -0.468 e. The molecular formula is C16H19N3O3. The number of esters is 1. The minimum atomic E-state index is -0.454. The number of para-hydroxylation sites is 1. The normalized spacial score (nSPS) is 10.5. The van der Waals surface area contributed by atoms with Gasteiger partial charge < -0.3 is 9.64 Å². The van der Waals surface area contributed by atoms with E-state index < -0.39 is 5.97 Å². The standard InChI is InChI=1S/C16H19N3O3/c1-12(2)18(11-15(20)22-3)16(21)14-9-10-19(17-14)13-7-5-4-6-8-13/h4-10,12H,11H2,1-3H3. The number of carbonyl (C=O) groups is 2. The molecule has 0 radical (unpaired) electrons. The number of hydrogen-bond acceptors (Lipinski definition) is 4. The van der Waals surface area contributed by atoms with Gasteiger partial charge in [0.2, 0.25) is 0 Å². The van der Waals surface area contributed by atoms with E-state index in [1.54, 1.807) is 16.9 Å². The van der Waals surface area contributed by atoms with Crippen molar-refractivity contribution in [2.45, 2.75) is 19.9 Å². The van der Waals surface area contributed by atoms with Crippen LogP contribution in [-0.2, 0) is 9.53 Å². The molecule has 0 saturated carbocycles. The van der Waals surface area contributed by atoms with Crippen molar-refractivity contribution in [2.75, 3.05) is 13.7 Å². The Morgan fingerprint density at radius 2 is 1.91 bits per heavy atom. The summed E-state index contributed by atoms with van der Waals surface area (Å²) in [5, 5.41) is 4.29. The predicted molar refractivity (Wildman–Crippen MR) is 81.8 cm³/mol. The van der Waals surface area contributed by atoms with Gasteiger partial charge in [-0.15, -0.1) is 0 Å². The Morgan fingerprint density at radius 1 is 1.23 bits per heavy atom. The van der Waals surface area contributed by atoms with E-state index in [4.69, 9.17) is 0 Å². The predicted octanol–water partition coefficient (Wildman–Crippen LogP) is 1.90. The Hall–Kier alpha value is -2.63. The molecule has 2 aromatic rings. The number of ether oxygens (including phenoxy) is 1. The van der Waals surface area contributed by atoms with Gasteiger partial charge >= 0.3 is 5.97 Å². The molecule has 6 heteroatoms. The quantitative estimate of drug-likeness (QED) is 0.791. The number of aromatic nitrogens is 2. The summed E-state index contributed by atoms with van der Waals surface area (Å²) in [6.07, 6.45) is 1.72. The van der Waals surface area contributed by atoms with Crippen molar-refractivity contribution in [3.63, 3.8) is 0 Å². The van der Waals surface area contributed by atoms with Crippen LogP contribution in [0.2, 0.25) is 0 Å². The van der Waals surface area contributed by atoms with E-state index in [-0.39, 0.29) is 18.5 Å². The van der Waals surface area contributed by atoms with Crippen LogP contribution in [0.1, 0.15) is 24.3 Å². The number of rotatable bonds is 5. The highest BCUT2D eigenvalue weighted by atomic mass is 16.5. The van der Waals surface area contributed by atoms with E-state index in [2.05, 4.69) is 9.84 Å². The maximum atomic E-state index is 12.5. The van der Waals surface area contributed by atoms with Crippen LogP contribution in [0.5, 0.6) is 0 Å². The van der Waals surface area contributed by atoms with Gasteiger partial charge in [-0.3, -0.25) is 9.59 Å². The first-order valence-electron chi connectivity index (χ1n) is 7.02. The van der Waals surface area contributed by atoms with Crippen LogP contribution in [0.25, 0.3) is 5.69 Å². The number of amides is 1. The van der Waals surface area contributed by atoms with Gasteiger partial charge in [-0.25, -0.2) is 4.68 Å². The second-order valence-corrected chi connectivity index (χ2v) is 5.08. The van der Waals surface area contributed by atoms with Crippen LogP contribution in [0, 0.1) is 0 Å². The van der Waals surface area contributed by atoms with E-state index in [1.807, 2.05) is 44.2 Å². The third-order valence-corrected chi connectivity index (χ3v) is 3.24. The lowest BCUT2D eigenvalue weighted by Gasteiger charge is -2.24. The van der Waals surface area contributed by atoms with E-state index in [0.29, 0.717) is 5.69 Å². The molecule has 116 valence electrons. The fourth-order valence-corrected chi connectivity index (χ4v) is 2.00. The molecule has 1 aromatic carbocycles. The highest BCUT2D eigenvalue weighted by molar-refractivity contribution is 5.94. The fourth-order valence-electron chi connectivity index (χ4n) is 2.00. The third-order valence-electron chi connectivity index (χ3n) is 3.24. The largest absolute Gasteiger partial charge is 0.468 e. The first-order valence-corrected chi connectivity index (χ1v) is 7.02. The summed E-state index contributed by atoms with van der Waals surface area (Å²) in [6.45, 7) is 3.59. The number of nitrogens with zero attached hydrogens (tertiary/aromatic N) is 3. The number of methoxy groups -OCH3 is 1. The van der Waals surface area contributed by atoms with Gasteiger partial charge in [0.25, 0.3) is 5.91 Å². The average Bonchev–Trinajstić information content (AvgIpc) is 3.02. The summed E-state index contributed by atoms with van der Waals surface area (Å²) >= 11 is 0. The smallest absolute Gasteiger partial charge is 0.325 e. The van der Waals surface area contributed by atoms with Crippen molar-refractivity contribution in [2.24, 2.45) is 0 Å². The van der Waals surface area contributed by atoms with Crippen molar-refractivity contribution < 1.29 is 14.3 Å². The Morgan fingerprint density at radius 3 is 2.50 bits per heavy atom. The highest BCUT2D eigenvalue weighted by Crippen LogP contribution is 2.10. The molecule has 22 heavy (non-hydrogen) atoms. The summed E-state index contributed by atoms with van der Waals surface area (Å²) in [5.74, 6) is -0.750. The Labute approximate surface area is 129 Å². The van der Waals surface area contributed by atoms with Crippen LogP contribution < -0.4 is 0 Å². The SMILES string of the molecule is COC(=O)CN(C(=O)c1ccn(-c2ccccc2)n1)C(C)C. The summed E-state index contributed by atoms with van der Waals surface area (Å²) in [7, 11) is 1.30. The lowest BCUT2D eigenvalue weighted by molar-refractivity contribution is -0.141. The zero-order valence-corrected chi connectivity index (χ0v) is 12.9. The first-order chi connectivity index (χ1) is 10.5. The van der Waals surface area contributed by atoms with Crippen molar-refractivity contribution in [1.29, 1.82) is 0 Å². The van der Waals surface area contributed by atoms with Gasteiger partial charge in [0, 0.05) is 12.2 Å². The molecule has 0 aliphatic heterocycles. The maximum absolute atomic E-state index is 12.5. The molecule has 0 aliphatic carbocycles. The third kappa shape index (κ3) is 3.52. The summed E-state index contributed by atoms with van der Waals surface area (Å²) in [4.78, 5) is 25.4. The molecule has 0 unspecified atom stereocenters. The fraction of sp³-hybridized carbons (Fsp3) is 0.312. The van der Waals surface area contributed by atoms with Crippen LogP contribution >= 0.6 is 0 Å². The molecule has 0 fully saturated rings. The maximum Gasteiger partial charge on any atom is 0.325 e. The number of benzene rings is 1. The van der Waals surface area contributed by atoms with Crippen molar-refractivity contribution in [1.82, 2.24) is 14.7 Å². The molecule has 0 atom stereocenters. The highest BCUT2D eigenvalue weighted by Gasteiger charge is 2.23. The first kappa shape index (κ1) is 15.8. The zero-order chi connectivity index (χ0) is 16.1. The molecule has 0 aliphatic rings. The molecular weight excluding hydrogens is 282 g/mol. The van der Waals surface area contributed by atoms with Gasteiger partial charge in [-0.1, -0.05) is 18.2 Å². The van der Waals surface area contributed by atoms with Crippen LogP contribution in [0.3, 0.4) is 0 Å². The van der Waals surface area contributed by atoms with E-state index in [0.717, 1.165) is 5.69 Å². The van der Waals surface area contributed by atoms with Gasteiger partial charge in [0.15, 0.2) is 5.69 Å². The van der Waals surface area contributed by atoms with Gasteiger partial charge in [0.1, 0.15) is 6.54 Å². The lowest BCUT2D eigenvalue weighted by atomic mass is 10.2. The van der Waals surface area contributed by atoms with E-state index in [1.165, 1.54) is 12.0 Å². The summed E-state index contributed by atoms with van der Waals surface area (Å²) in [5.41, 5.74) is 1.16. The van der Waals surface area contributed by atoms with Gasteiger partial charge in [0.05, 0.1) is 12.8 Å². The van der Waals surface area contributed by atoms with Crippen molar-refractivity contribution in [3.8, 4) is 5.69 Å². The monoisotopic (exact) mass is 301 g/mol. The molecule has 0 spiro atoms. The molecule has 1 amide bonds. The van der Waals surface area contributed by atoms with Crippen molar-refractivity contribution in [3.05, 3.63) is 48.3 Å². The molecule has 0 N–H and O–H groups in total. The minimum absolute atomic E-state index is 0.0921. The second kappa shape index (κ2) is 6.89. The van der Waals surface area contributed by atoms with Crippen molar-refractivity contribution >= 4 is 11.9 Å². The van der Waals surface area contributed by atoms with E-state index in [9.17, 15) is 9.59 Å². The molecule has 0 bridgehead atoms. The topological polar surface area (TPSA) is 64.4 Å².